The summed E-state index contributed by atoms with van der Waals surface area (Å²) in [5.41, 5.74) is 0.598. The van der Waals surface area contributed by atoms with Crippen LogP contribution in [0.3, 0.4) is 0 Å². The van der Waals surface area contributed by atoms with Crippen molar-refractivity contribution in [2.75, 3.05) is 20.3 Å². The molecule has 0 aromatic carbocycles. The molecule has 3 heterocycles. The van der Waals surface area contributed by atoms with Gasteiger partial charge in [0.25, 0.3) is 5.91 Å². The molecule has 1 aromatic heterocycles. The molecule has 1 N–H and O–H groups in total. The summed E-state index contributed by atoms with van der Waals surface area (Å²) in [4.78, 5) is 40.5. The van der Waals surface area contributed by atoms with Gasteiger partial charge < -0.3 is 15.0 Å². The van der Waals surface area contributed by atoms with Crippen LogP contribution < -0.4 is 5.32 Å². The van der Waals surface area contributed by atoms with Gasteiger partial charge in [-0.05, 0) is 33.1 Å². The number of urea groups is 1. The minimum Gasteiger partial charge on any atom is -0.383 e. The maximum Gasteiger partial charge on any atom is 0.325 e. The number of piperidine rings is 1. The van der Waals surface area contributed by atoms with E-state index in [1.807, 2.05) is 13.8 Å². The highest BCUT2D eigenvalue weighted by Crippen LogP contribution is 2.23. The van der Waals surface area contributed by atoms with Crippen LogP contribution >= 0.6 is 0 Å². The molecule has 2 aliphatic rings. The second kappa shape index (κ2) is 8.68. The predicted molar refractivity (Wildman–Crippen MR) is 99.3 cm³/mol. The molecule has 3 rings (SSSR count). The Morgan fingerprint density at radius 3 is 2.68 bits per heavy atom. The van der Waals surface area contributed by atoms with Crippen LogP contribution in [0.25, 0.3) is 0 Å². The van der Waals surface area contributed by atoms with E-state index in [4.69, 9.17) is 4.74 Å². The normalized spacial score (nSPS) is 25.3. The molecule has 0 spiro atoms. The van der Waals surface area contributed by atoms with Gasteiger partial charge in [-0.3, -0.25) is 14.5 Å². The monoisotopic (exact) mass is 392 g/mol. The number of hydrogen-bond acceptors (Lipinski definition) is 6. The SMILES string of the molecule is COCCn1cc(CC2NC(=O)N(CC(=O)N3C(C)CCCC3C)C2=O)nn1. The molecule has 1 aromatic rings. The molecule has 10 heteroatoms. The highest BCUT2D eigenvalue weighted by Gasteiger charge is 2.41. The number of amides is 4. The number of nitrogens with one attached hydrogen (secondary N) is 1. The fraction of sp³-hybridized carbons (Fsp3) is 0.722. The van der Waals surface area contributed by atoms with Crippen molar-refractivity contribution in [3.05, 3.63) is 11.9 Å². The van der Waals surface area contributed by atoms with Crippen LogP contribution in [0.1, 0.15) is 38.8 Å². The first-order valence-electron chi connectivity index (χ1n) is 9.71. The van der Waals surface area contributed by atoms with Gasteiger partial charge in [-0.15, -0.1) is 5.10 Å². The fourth-order valence-corrected chi connectivity index (χ4v) is 3.93. The molecule has 154 valence electrons. The third-order valence-electron chi connectivity index (χ3n) is 5.41. The molecule has 2 fully saturated rings. The summed E-state index contributed by atoms with van der Waals surface area (Å²) in [5, 5.41) is 10.7. The van der Waals surface area contributed by atoms with Crippen LogP contribution in [0.2, 0.25) is 0 Å². The number of nitrogens with zero attached hydrogens (tertiary/aromatic N) is 5. The Morgan fingerprint density at radius 1 is 1.29 bits per heavy atom. The molecule has 28 heavy (non-hydrogen) atoms. The molecule has 0 saturated carbocycles. The molecule has 0 bridgehead atoms. The topological polar surface area (TPSA) is 110 Å². The molecular formula is C18H28N6O4. The number of imide groups is 1. The molecule has 2 aliphatic heterocycles. The summed E-state index contributed by atoms with van der Waals surface area (Å²) in [7, 11) is 1.60. The third kappa shape index (κ3) is 4.32. The van der Waals surface area contributed by atoms with Crippen molar-refractivity contribution in [3.8, 4) is 0 Å². The number of hydrogen-bond donors (Lipinski definition) is 1. The van der Waals surface area contributed by atoms with Gasteiger partial charge >= 0.3 is 6.03 Å². The summed E-state index contributed by atoms with van der Waals surface area (Å²) in [6.45, 7) is 4.85. The summed E-state index contributed by atoms with van der Waals surface area (Å²) < 4.78 is 6.62. The van der Waals surface area contributed by atoms with E-state index in [0.29, 0.717) is 18.8 Å². The zero-order chi connectivity index (χ0) is 20.3. The van der Waals surface area contributed by atoms with Gasteiger partial charge in [-0.1, -0.05) is 5.21 Å². The first-order valence-corrected chi connectivity index (χ1v) is 9.71. The number of carbonyl (C=O) groups is 3. The molecule has 0 aliphatic carbocycles. The Labute approximate surface area is 164 Å². The lowest BCUT2D eigenvalue weighted by atomic mass is 9.97. The Balaban J connectivity index is 1.60. The zero-order valence-corrected chi connectivity index (χ0v) is 16.6. The molecule has 3 atom stereocenters. The molecule has 2 saturated heterocycles. The van der Waals surface area contributed by atoms with Crippen LogP contribution in [-0.4, -0.2) is 81.0 Å². The molecular weight excluding hydrogens is 364 g/mol. The van der Waals surface area contributed by atoms with Gasteiger partial charge in [0.15, 0.2) is 0 Å². The van der Waals surface area contributed by atoms with E-state index >= 15 is 0 Å². The van der Waals surface area contributed by atoms with Crippen molar-refractivity contribution in [1.82, 2.24) is 30.1 Å². The molecule has 10 nitrogen and oxygen atoms in total. The minimum absolute atomic E-state index is 0.120. The second-order valence-electron chi connectivity index (χ2n) is 7.53. The zero-order valence-electron chi connectivity index (χ0n) is 16.6. The average Bonchev–Trinajstić information content (AvgIpc) is 3.20. The maximum absolute atomic E-state index is 12.7. The van der Waals surface area contributed by atoms with Crippen molar-refractivity contribution < 1.29 is 19.1 Å². The summed E-state index contributed by atoms with van der Waals surface area (Å²) in [6.07, 6.45) is 4.93. The summed E-state index contributed by atoms with van der Waals surface area (Å²) in [6, 6.07) is -1.03. The highest BCUT2D eigenvalue weighted by atomic mass is 16.5. The first kappa shape index (κ1) is 20.2. The van der Waals surface area contributed by atoms with Crippen LogP contribution in [0.4, 0.5) is 4.79 Å². The number of methoxy groups -OCH3 is 1. The predicted octanol–water partition coefficient (Wildman–Crippen LogP) is 0.177. The van der Waals surface area contributed by atoms with Gasteiger partial charge in [0, 0.05) is 31.8 Å². The van der Waals surface area contributed by atoms with Crippen molar-refractivity contribution in [1.29, 1.82) is 0 Å². The standard InChI is InChI=1S/C18H28N6O4/c1-12-5-4-6-13(2)24(12)16(25)11-23-17(26)15(19-18(23)27)9-14-10-22(21-20-14)7-8-28-3/h10,12-13,15H,4-9,11H2,1-3H3,(H,19,27). The van der Waals surface area contributed by atoms with Gasteiger partial charge in [0.1, 0.15) is 12.6 Å². The van der Waals surface area contributed by atoms with Crippen LogP contribution in [0.15, 0.2) is 6.20 Å². The highest BCUT2D eigenvalue weighted by molar-refractivity contribution is 6.06. The molecule has 3 unspecified atom stereocenters. The van der Waals surface area contributed by atoms with Crippen LogP contribution in [0.5, 0.6) is 0 Å². The average molecular weight is 392 g/mol. The summed E-state index contributed by atoms with van der Waals surface area (Å²) >= 11 is 0. The van der Waals surface area contributed by atoms with E-state index in [1.165, 1.54) is 0 Å². The quantitative estimate of drug-likeness (QED) is 0.663. The number of likely N-dealkylation sites (tertiary alicyclic amines) is 1. The minimum atomic E-state index is -0.732. The molecule has 0 radical (unpaired) electrons. The van der Waals surface area contributed by atoms with E-state index < -0.39 is 18.0 Å². The number of aromatic nitrogens is 3. The van der Waals surface area contributed by atoms with E-state index in [-0.39, 0.29) is 31.0 Å². The van der Waals surface area contributed by atoms with Crippen molar-refractivity contribution in [3.63, 3.8) is 0 Å². The van der Waals surface area contributed by atoms with Crippen LogP contribution in [0, 0.1) is 0 Å². The van der Waals surface area contributed by atoms with Gasteiger partial charge in [-0.25, -0.2) is 9.48 Å². The number of rotatable bonds is 7. The Hall–Kier alpha value is -2.49. The van der Waals surface area contributed by atoms with E-state index in [1.54, 1.807) is 22.9 Å². The Bertz CT molecular complexity index is 725. The van der Waals surface area contributed by atoms with Crippen molar-refractivity contribution in [2.24, 2.45) is 0 Å². The van der Waals surface area contributed by atoms with Crippen molar-refractivity contribution >= 4 is 17.8 Å². The smallest absolute Gasteiger partial charge is 0.325 e. The van der Waals surface area contributed by atoms with Crippen LogP contribution in [-0.2, 0) is 27.3 Å². The van der Waals surface area contributed by atoms with Crippen molar-refractivity contribution in [2.45, 2.75) is 64.2 Å². The Morgan fingerprint density at radius 2 is 2.00 bits per heavy atom. The van der Waals surface area contributed by atoms with E-state index in [2.05, 4.69) is 15.6 Å². The Kier molecular flexibility index (Phi) is 6.28. The lowest BCUT2D eigenvalue weighted by Gasteiger charge is -2.39. The lowest BCUT2D eigenvalue weighted by molar-refractivity contribution is -0.141. The second-order valence-corrected chi connectivity index (χ2v) is 7.53. The van der Waals surface area contributed by atoms with Gasteiger partial charge in [-0.2, -0.15) is 0 Å². The largest absolute Gasteiger partial charge is 0.383 e. The van der Waals surface area contributed by atoms with E-state index in [9.17, 15) is 14.4 Å². The van der Waals surface area contributed by atoms with Gasteiger partial charge in [0.05, 0.1) is 18.8 Å². The fourth-order valence-electron chi connectivity index (χ4n) is 3.93. The molecule has 4 amide bonds. The number of ether oxygens (including phenoxy) is 1. The lowest BCUT2D eigenvalue weighted by Crippen LogP contribution is -2.52. The third-order valence-corrected chi connectivity index (χ3v) is 5.41. The number of carbonyl (C=O) groups excluding carboxylic acids is 3. The maximum atomic E-state index is 12.7. The summed E-state index contributed by atoms with van der Waals surface area (Å²) in [5.74, 6) is -0.587. The first-order chi connectivity index (χ1) is 13.4. The van der Waals surface area contributed by atoms with E-state index in [0.717, 1.165) is 24.2 Å². The van der Waals surface area contributed by atoms with Gasteiger partial charge in [0.2, 0.25) is 5.91 Å².